The second-order valence-corrected chi connectivity index (χ2v) is 3.42. The Balaban J connectivity index is 3.25. The van der Waals surface area contributed by atoms with Crippen LogP contribution >= 0.6 is 0 Å². The highest BCUT2D eigenvalue weighted by molar-refractivity contribution is 4.87. The van der Waals surface area contributed by atoms with Gasteiger partial charge in [-0.2, -0.15) is 0 Å². The van der Waals surface area contributed by atoms with Crippen molar-refractivity contribution in [3.8, 4) is 0 Å². The third-order valence-corrected chi connectivity index (χ3v) is 1.60. The van der Waals surface area contributed by atoms with Crippen molar-refractivity contribution < 1.29 is 9.78 Å². The molecule has 2 heteroatoms. The molecular formula is C10H20O2. The van der Waals surface area contributed by atoms with Crippen LogP contribution in [0.1, 0.15) is 40.0 Å². The van der Waals surface area contributed by atoms with Crippen LogP contribution in [0.25, 0.3) is 0 Å². The van der Waals surface area contributed by atoms with Gasteiger partial charge >= 0.3 is 0 Å². The van der Waals surface area contributed by atoms with Gasteiger partial charge in [-0.15, -0.1) is 6.58 Å². The van der Waals surface area contributed by atoms with E-state index in [0.717, 1.165) is 6.42 Å². The maximum absolute atomic E-state index is 5.11. The van der Waals surface area contributed by atoms with Crippen LogP contribution in [0.3, 0.4) is 0 Å². The minimum atomic E-state index is -0.369. The molecule has 0 N–H and O–H groups in total. The summed E-state index contributed by atoms with van der Waals surface area (Å²) in [5, 5.41) is 0. The van der Waals surface area contributed by atoms with E-state index in [-0.39, 0.29) is 5.60 Å². The van der Waals surface area contributed by atoms with E-state index in [2.05, 4.69) is 13.5 Å². The molecule has 0 spiro atoms. The van der Waals surface area contributed by atoms with E-state index in [9.17, 15) is 0 Å². The highest BCUT2D eigenvalue weighted by Crippen LogP contribution is 2.10. The fraction of sp³-hybridized carbons (Fsp3) is 0.800. The van der Waals surface area contributed by atoms with Crippen LogP contribution in [-0.4, -0.2) is 12.2 Å². The Morgan fingerprint density at radius 2 is 2.00 bits per heavy atom. The number of hydrogen-bond acceptors (Lipinski definition) is 2. The van der Waals surface area contributed by atoms with Crippen LogP contribution in [0, 0.1) is 0 Å². The Morgan fingerprint density at radius 1 is 1.33 bits per heavy atom. The Morgan fingerprint density at radius 3 is 2.50 bits per heavy atom. The van der Waals surface area contributed by atoms with E-state index in [1.54, 1.807) is 6.08 Å². The van der Waals surface area contributed by atoms with Gasteiger partial charge in [-0.05, 0) is 20.3 Å². The lowest BCUT2D eigenvalue weighted by atomic mass is 10.1. The maximum Gasteiger partial charge on any atom is 0.116 e. The molecular weight excluding hydrogens is 152 g/mol. The summed E-state index contributed by atoms with van der Waals surface area (Å²) in [7, 11) is 0. The summed E-state index contributed by atoms with van der Waals surface area (Å²) in [6, 6.07) is 0. The third-order valence-electron chi connectivity index (χ3n) is 1.60. The van der Waals surface area contributed by atoms with Crippen molar-refractivity contribution in [2.75, 3.05) is 6.61 Å². The van der Waals surface area contributed by atoms with Crippen LogP contribution < -0.4 is 0 Å². The molecule has 0 aliphatic carbocycles. The molecule has 0 amide bonds. The molecule has 0 rings (SSSR count). The van der Waals surface area contributed by atoms with Crippen LogP contribution in [0.15, 0.2) is 12.7 Å². The van der Waals surface area contributed by atoms with Crippen LogP contribution in [-0.2, 0) is 9.78 Å². The molecule has 0 aliphatic rings. The molecule has 0 heterocycles. The summed E-state index contributed by atoms with van der Waals surface area (Å²) in [5.41, 5.74) is -0.369. The zero-order valence-corrected chi connectivity index (χ0v) is 8.43. The molecule has 12 heavy (non-hydrogen) atoms. The number of hydrogen-bond donors (Lipinski definition) is 0. The predicted molar refractivity (Wildman–Crippen MR) is 50.8 cm³/mol. The molecule has 0 aromatic rings. The molecule has 0 atom stereocenters. The molecule has 0 aromatic heterocycles. The molecule has 0 bridgehead atoms. The molecule has 2 nitrogen and oxygen atoms in total. The van der Waals surface area contributed by atoms with Crippen molar-refractivity contribution in [2.45, 2.75) is 45.6 Å². The SMILES string of the molecule is C=CC(C)(C)OOCCCCC. The predicted octanol–water partition coefficient (Wildman–Crippen LogP) is 3.09. The first-order chi connectivity index (χ1) is 5.62. The van der Waals surface area contributed by atoms with Gasteiger partial charge in [-0.3, -0.25) is 0 Å². The van der Waals surface area contributed by atoms with Crippen molar-refractivity contribution in [1.82, 2.24) is 0 Å². The van der Waals surface area contributed by atoms with Crippen molar-refractivity contribution in [3.63, 3.8) is 0 Å². The van der Waals surface area contributed by atoms with Gasteiger partial charge < -0.3 is 0 Å². The molecule has 0 saturated heterocycles. The molecule has 72 valence electrons. The molecule has 0 saturated carbocycles. The smallest absolute Gasteiger partial charge is 0.116 e. The van der Waals surface area contributed by atoms with Crippen molar-refractivity contribution in [2.24, 2.45) is 0 Å². The van der Waals surface area contributed by atoms with Crippen molar-refractivity contribution in [1.29, 1.82) is 0 Å². The Labute approximate surface area is 75.5 Å². The van der Waals surface area contributed by atoms with Crippen LogP contribution in [0.5, 0.6) is 0 Å². The van der Waals surface area contributed by atoms with Gasteiger partial charge in [0.05, 0.1) is 6.61 Å². The van der Waals surface area contributed by atoms with E-state index in [1.165, 1.54) is 12.8 Å². The van der Waals surface area contributed by atoms with Gasteiger partial charge in [0.25, 0.3) is 0 Å². The molecule has 0 aromatic carbocycles. The lowest BCUT2D eigenvalue weighted by molar-refractivity contribution is -0.340. The van der Waals surface area contributed by atoms with Gasteiger partial charge in [0.1, 0.15) is 5.60 Å². The van der Waals surface area contributed by atoms with Crippen molar-refractivity contribution in [3.05, 3.63) is 12.7 Å². The standard InChI is InChI=1S/C10H20O2/c1-5-7-8-9-11-12-10(3,4)6-2/h6H,2,5,7-9H2,1,3-4H3. The average molecular weight is 172 g/mol. The highest BCUT2D eigenvalue weighted by Gasteiger charge is 2.13. The van der Waals surface area contributed by atoms with E-state index in [1.807, 2.05) is 13.8 Å². The first-order valence-corrected chi connectivity index (χ1v) is 4.56. The molecule has 0 unspecified atom stereocenters. The van der Waals surface area contributed by atoms with E-state index in [4.69, 9.17) is 9.78 Å². The second-order valence-electron chi connectivity index (χ2n) is 3.42. The van der Waals surface area contributed by atoms with E-state index < -0.39 is 0 Å². The maximum atomic E-state index is 5.11. The highest BCUT2D eigenvalue weighted by atomic mass is 17.2. The Kier molecular flexibility index (Phi) is 6.03. The lowest BCUT2D eigenvalue weighted by Gasteiger charge is -2.18. The van der Waals surface area contributed by atoms with Crippen LogP contribution in [0.4, 0.5) is 0 Å². The normalized spacial score (nSPS) is 11.6. The quantitative estimate of drug-likeness (QED) is 0.254. The molecule has 0 fully saturated rings. The number of rotatable bonds is 7. The fourth-order valence-electron chi connectivity index (χ4n) is 0.639. The van der Waals surface area contributed by atoms with Gasteiger partial charge in [0.2, 0.25) is 0 Å². The van der Waals surface area contributed by atoms with Gasteiger partial charge in [0, 0.05) is 0 Å². The first kappa shape index (κ1) is 11.7. The largest absolute Gasteiger partial charge is 0.236 e. The zero-order chi connectivity index (χ0) is 9.45. The van der Waals surface area contributed by atoms with E-state index in [0.29, 0.717) is 6.61 Å². The minimum Gasteiger partial charge on any atom is -0.236 e. The Bertz CT molecular complexity index is 119. The summed E-state index contributed by atoms with van der Waals surface area (Å²) < 4.78 is 0. The molecule has 0 aliphatic heterocycles. The summed E-state index contributed by atoms with van der Waals surface area (Å²) in [6.45, 7) is 10.3. The summed E-state index contributed by atoms with van der Waals surface area (Å²) in [5.74, 6) is 0. The van der Waals surface area contributed by atoms with Crippen LogP contribution in [0.2, 0.25) is 0 Å². The minimum absolute atomic E-state index is 0.369. The van der Waals surface area contributed by atoms with E-state index >= 15 is 0 Å². The third kappa shape index (κ3) is 6.38. The Hall–Kier alpha value is -0.340. The van der Waals surface area contributed by atoms with Gasteiger partial charge in [0.15, 0.2) is 0 Å². The molecule has 0 radical (unpaired) electrons. The lowest BCUT2D eigenvalue weighted by Crippen LogP contribution is -2.21. The van der Waals surface area contributed by atoms with Gasteiger partial charge in [-0.25, -0.2) is 9.78 Å². The first-order valence-electron chi connectivity index (χ1n) is 4.56. The average Bonchev–Trinajstić information content (AvgIpc) is 2.04. The van der Waals surface area contributed by atoms with Gasteiger partial charge in [-0.1, -0.05) is 25.8 Å². The fourth-order valence-corrected chi connectivity index (χ4v) is 0.639. The summed E-state index contributed by atoms with van der Waals surface area (Å²) in [4.78, 5) is 10.1. The summed E-state index contributed by atoms with van der Waals surface area (Å²) in [6.07, 6.45) is 5.18. The summed E-state index contributed by atoms with van der Waals surface area (Å²) >= 11 is 0. The zero-order valence-electron chi connectivity index (χ0n) is 8.43. The topological polar surface area (TPSA) is 18.5 Å². The second kappa shape index (κ2) is 6.21. The van der Waals surface area contributed by atoms with Crippen molar-refractivity contribution >= 4 is 0 Å². The monoisotopic (exact) mass is 172 g/mol. The number of unbranched alkanes of at least 4 members (excludes halogenated alkanes) is 2.